The standard InChI is InChI=1S/C11H15N3O5/c1-5-6(2)19-10(13-5)4-9(16)14-7(11(17)18)3-8(12)15/h7H,3-4H2,1-2H3,(H2,12,15)(H,14,16)(H,17,18)/t7-/m0/s1. The second-order valence-corrected chi connectivity index (χ2v) is 4.05. The lowest BCUT2D eigenvalue weighted by molar-refractivity contribution is -0.143. The molecule has 0 fully saturated rings. The van der Waals surface area contributed by atoms with Crippen LogP contribution in [0.4, 0.5) is 0 Å². The second kappa shape index (κ2) is 5.98. The Labute approximate surface area is 109 Å². The van der Waals surface area contributed by atoms with E-state index in [9.17, 15) is 14.4 Å². The van der Waals surface area contributed by atoms with E-state index >= 15 is 0 Å². The molecule has 0 saturated carbocycles. The summed E-state index contributed by atoms with van der Waals surface area (Å²) in [6.45, 7) is 3.43. The zero-order chi connectivity index (χ0) is 14.6. The van der Waals surface area contributed by atoms with Crippen molar-refractivity contribution in [3.63, 3.8) is 0 Å². The van der Waals surface area contributed by atoms with Gasteiger partial charge in [-0.1, -0.05) is 0 Å². The summed E-state index contributed by atoms with van der Waals surface area (Å²) in [7, 11) is 0. The molecule has 0 bridgehead atoms. The lowest BCUT2D eigenvalue weighted by Crippen LogP contribution is -2.43. The van der Waals surface area contributed by atoms with Gasteiger partial charge >= 0.3 is 5.97 Å². The molecule has 1 aromatic rings. The van der Waals surface area contributed by atoms with Crippen LogP contribution in [0, 0.1) is 13.8 Å². The molecule has 0 radical (unpaired) electrons. The number of rotatable bonds is 6. The SMILES string of the molecule is Cc1nc(CC(=O)N[C@@H](CC(N)=O)C(=O)O)oc1C. The van der Waals surface area contributed by atoms with Crippen LogP contribution in [0.5, 0.6) is 0 Å². The van der Waals surface area contributed by atoms with Gasteiger partial charge in [-0.3, -0.25) is 9.59 Å². The van der Waals surface area contributed by atoms with Crippen LogP contribution in [0.25, 0.3) is 0 Å². The van der Waals surface area contributed by atoms with E-state index in [-0.39, 0.29) is 12.3 Å². The molecular formula is C11H15N3O5. The Balaban J connectivity index is 2.62. The Morgan fingerprint density at radius 1 is 1.42 bits per heavy atom. The number of carboxylic acid groups (broad SMARTS) is 1. The molecule has 19 heavy (non-hydrogen) atoms. The van der Waals surface area contributed by atoms with Crippen LogP contribution in [0.1, 0.15) is 23.8 Å². The minimum atomic E-state index is -1.35. The number of aliphatic carboxylic acids is 1. The van der Waals surface area contributed by atoms with Crippen molar-refractivity contribution in [3.8, 4) is 0 Å². The molecule has 8 heteroatoms. The van der Waals surface area contributed by atoms with Gasteiger partial charge in [0.25, 0.3) is 0 Å². The number of nitrogens with one attached hydrogen (secondary N) is 1. The van der Waals surface area contributed by atoms with E-state index in [1.165, 1.54) is 0 Å². The summed E-state index contributed by atoms with van der Waals surface area (Å²) >= 11 is 0. The number of carbonyl (C=O) groups excluding carboxylic acids is 2. The molecule has 0 aliphatic rings. The van der Waals surface area contributed by atoms with E-state index in [1.807, 2.05) is 0 Å². The molecule has 1 aromatic heterocycles. The molecule has 0 saturated heterocycles. The molecule has 4 N–H and O–H groups in total. The molecule has 1 heterocycles. The number of oxazole rings is 1. The molecule has 8 nitrogen and oxygen atoms in total. The van der Waals surface area contributed by atoms with Gasteiger partial charge in [-0.2, -0.15) is 0 Å². The van der Waals surface area contributed by atoms with Crippen LogP contribution in [0.3, 0.4) is 0 Å². The van der Waals surface area contributed by atoms with Gasteiger partial charge in [-0.05, 0) is 13.8 Å². The summed E-state index contributed by atoms with van der Waals surface area (Å²) in [5.74, 6) is -1.96. The first-order valence-electron chi connectivity index (χ1n) is 5.53. The van der Waals surface area contributed by atoms with Gasteiger partial charge in [0.2, 0.25) is 17.7 Å². The maximum atomic E-state index is 11.6. The summed E-state index contributed by atoms with van der Waals surface area (Å²) in [6.07, 6.45) is -0.665. The van der Waals surface area contributed by atoms with Crippen molar-refractivity contribution < 1.29 is 23.9 Å². The largest absolute Gasteiger partial charge is 0.480 e. The number of carbonyl (C=O) groups is 3. The van der Waals surface area contributed by atoms with E-state index in [1.54, 1.807) is 13.8 Å². The first-order valence-corrected chi connectivity index (χ1v) is 5.53. The normalized spacial score (nSPS) is 11.9. The molecule has 0 aliphatic heterocycles. The smallest absolute Gasteiger partial charge is 0.326 e. The van der Waals surface area contributed by atoms with Crippen molar-refractivity contribution >= 4 is 17.8 Å². The average molecular weight is 269 g/mol. The molecule has 0 aromatic carbocycles. The molecule has 0 unspecified atom stereocenters. The third kappa shape index (κ3) is 4.41. The Kier molecular flexibility index (Phi) is 4.62. The fourth-order valence-electron chi connectivity index (χ4n) is 1.40. The number of primary amides is 1. The quantitative estimate of drug-likeness (QED) is 0.623. The highest BCUT2D eigenvalue weighted by Gasteiger charge is 2.23. The van der Waals surface area contributed by atoms with Gasteiger partial charge in [-0.25, -0.2) is 9.78 Å². The molecule has 0 aliphatic carbocycles. The Morgan fingerprint density at radius 2 is 2.05 bits per heavy atom. The van der Waals surface area contributed by atoms with Crippen LogP contribution >= 0.6 is 0 Å². The zero-order valence-electron chi connectivity index (χ0n) is 10.6. The van der Waals surface area contributed by atoms with E-state index in [2.05, 4.69) is 10.3 Å². The lowest BCUT2D eigenvalue weighted by atomic mass is 10.2. The highest BCUT2D eigenvalue weighted by molar-refractivity contribution is 5.88. The third-order valence-electron chi connectivity index (χ3n) is 2.42. The van der Waals surface area contributed by atoms with Crippen LogP contribution in [0.2, 0.25) is 0 Å². The van der Waals surface area contributed by atoms with Gasteiger partial charge in [0.15, 0.2) is 0 Å². The number of nitrogens with two attached hydrogens (primary N) is 1. The lowest BCUT2D eigenvalue weighted by Gasteiger charge is -2.11. The van der Waals surface area contributed by atoms with Crippen molar-refractivity contribution in [2.24, 2.45) is 5.73 Å². The fourth-order valence-corrected chi connectivity index (χ4v) is 1.40. The molecule has 0 spiro atoms. The van der Waals surface area contributed by atoms with Crippen molar-refractivity contribution in [3.05, 3.63) is 17.3 Å². The first kappa shape index (κ1) is 14.7. The number of amides is 2. The van der Waals surface area contributed by atoms with Gasteiger partial charge in [0.1, 0.15) is 18.2 Å². The van der Waals surface area contributed by atoms with E-state index in [4.69, 9.17) is 15.3 Å². The predicted octanol–water partition coefficient (Wildman–Crippen LogP) is -0.721. The van der Waals surface area contributed by atoms with Gasteiger partial charge < -0.3 is 20.6 Å². The number of aryl methyl sites for hydroxylation is 2. The number of carboxylic acids is 1. The van der Waals surface area contributed by atoms with Crippen LogP contribution in [0.15, 0.2) is 4.42 Å². The molecule has 1 rings (SSSR count). The predicted molar refractivity (Wildman–Crippen MR) is 63.1 cm³/mol. The van der Waals surface area contributed by atoms with E-state index in [0.717, 1.165) is 0 Å². The van der Waals surface area contributed by atoms with E-state index in [0.29, 0.717) is 11.5 Å². The van der Waals surface area contributed by atoms with Crippen molar-refractivity contribution in [1.82, 2.24) is 10.3 Å². The summed E-state index contributed by atoms with van der Waals surface area (Å²) in [5, 5.41) is 11.0. The minimum absolute atomic E-state index is 0.190. The number of aromatic nitrogens is 1. The van der Waals surface area contributed by atoms with Crippen molar-refractivity contribution in [2.75, 3.05) is 0 Å². The van der Waals surface area contributed by atoms with Gasteiger partial charge in [0.05, 0.1) is 12.1 Å². The van der Waals surface area contributed by atoms with Crippen molar-refractivity contribution in [1.29, 1.82) is 0 Å². The number of hydrogen-bond acceptors (Lipinski definition) is 5. The van der Waals surface area contributed by atoms with E-state index < -0.39 is 30.2 Å². The number of hydrogen-bond donors (Lipinski definition) is 3. The first-order chi connectivity index (χ1) is 8.79. The van der Waals surface area contributed by atoms with Gasteiger partial charge in [-0.15, -0.1) is 0 Å². The highest BCUT2D eigenvalue weighted by atomic mass is 16.4. The molecular weight excluding hydrogens is 254 g/mol. The topological polar surface area (TPSA) is 136 Å². The zero-order valence-corrected chi connectivity index (χ0v) is 10.6. The summed E-state index contributed by atoms with van der Waals surface area (Å²) in [6, 6.07) is -1.35. The maximum Gasteiger partial charge on any atom is 0.326 e. The monoisotopic (exact) mass is 269 g/mol. The molecule has 2 amide bonds. The van der Waals surface area contributed by atoms with Crippen LogP contribution in [-0.2, 0) is 20.8 Å². The number of nitrogens with zero attached hydrogens (tertiary/aromatic N) is 1. The average Bonchev–Trinajstić information content (AvgIpc) is 2.55. The Hall–Kier alpha value is -2.38. The highest BCUT2D eigenvalue weighted by Crippen LogP contribution is 2.08. The van der Waals surface area contributed by atoms with Crippen LogP contribution < -0.4 is 11.1 Å². The van der Waals surface area contributed by atoms with Gasteiger partial charge in [0, 0.05) is 0 Å². The maximum absolute atomic E-state index is 11.6. The Bertz CT molecular complexity index is 489. The third-order valence-corrected chi connectivity index (χ3v) is 2.42. The summed E-state index contributed by atoms with van der Waals surface area (Å²) in [4.78, 5) is 37.1. The molecule has 1 atom stereocenters. The molecule has 104 valence electrons. The van der Waals surface area contributed by atoms with Crippen molar-refractivity contribution in [2.45, 2.75) is 32.7 Å². The fraction of sp³-hybridized carbons (Fsp3) is 0.455. The second-order valence-electron chi connectivity index (χ2n) is 4.05. The minimum Gasteiger partial charge on any atom is -0.480 e. The Morgan fingerprint density at radius 3 is 2.47 bits per heavy atom. The summed E-state index contributed by atoms with van der Waals surface area (Å²) in [5.41, 5.74) is 5.56. The summed E-state index contributed by atoms with van der Waals surface area (Å²) < 4.78 is 5.20. The van der Waals surface area contributed by atoms with Crippen LogP contribution in [-0.4, -0.2) is 33.9 Å².